The zero-order chi connectivity index (χ0) is 38.1. The second kappa shape index (κ2) is 25.3. The van der Waals surface area contributed by atoms with Crippen LogP contribution in [0.25, 0.3) is 0 Å². The van der Waals surface area contributed by atoms with Crippen molar-refractivity contribution in [2.45, 2.75) is 115 Å². The van der Waals surface area contributed by atoms with E-state index >= 15 is 0 Å². The molecule has 13 nitrogen and oxygen atoms in total. The lowest BCUT2D eigenvalue weighted by molar-refractivity contribution is -0.335. The highest BCUT2D eigenvalue weighted by molar-refractivity contribution is 5.94. The molecule has 0 heterocycles. The fourth-order valence-electron chi connectivity index (χ4n) is 5.11. The average molecular weight is 714 g/mol. The maximum Gasteiger partial charge on any atom is 0.344 e. The normalized spacial score (nSPS) is 13.2. The van der Waals surface area contributed by atoms with Gasteiger partial charge in [0.2, 0.25) is 5.91 Å². The summed E-state index contributed by atoms with van der Waals surface area (Å²) in [6.07, 6.45) is 10.5. The molecule has 0 spiro atoms. The summed E-state index contributed by atoms with van der Waals surface area (Å²) in [5.41, 5.74) is -2.74. The second-order valence-electron chi connectivity index (χ2n) is 12.1. The summed E-state index contributed by atoms with van der Waals surface area (Å²) in [7, 11) is 1.08. The van der Waals surface area contributed by atoms with Gasteiger partial charge < -0.3 is 44.4 Å². The zero-order valence-electron chi connectivity index (χ0n) is 29.9. The highest BCUT2D eigenvalue weighted by Crippen LogP contribution is 2.25. The molecule has 51 heavy (non-hydrogen) atoms. The van der Waals surface area contributed by atoms with E-state index < -0.39 is 60.4 Å². The van der Waals surface area contributed by atoms with Gasteiger partial charge in [-0.05, 0) is 50.3 Å². The topological polar surface area (TPSA) is 208 Å². The van der Waals surface area contributed by atoms with E-state index in [1.807, 2.05) is 0 Å². The number of ether oxygens (including phenoxy) is 3. The molecule has 0 unspecified atom stereocenters. The Labute approximate surface area is 300 Å². The Kier molecular flexibility index (Phi) is 22.0. The van der Waals surface area contributed by atoms with E-state index in [4.69, 9.17) is 9.47 Å². The summed E-state index contributed by atoms with van der Waals surface area (Å²) in [4.78, 5) is 73.8. The van der Waals surface area contributed by atoms with Crippen LogP contribution in [-0.2, 0) is 44.7 Å². The van der Waals surface area contributed by atoms with Crippen LogP contribution < -0.4 is 20.3 Å². The lowest BCUT2D eigenvalue weighted by Crippen LogP contribution is -2.60. The molecule has 3 atom stereocenters. The number of carbonyl (C=O) groups is 6. The lowest BCUT2D eigenvalue weighted by Gasteiger charge is -2.35. The number of aliphatic hydroxyl groups is 1. The van der Waals surface area contributed by atoms with Crippen LogP contribution in [0.1, 0.15) is 103 Å². The van der Waals surface area contributed by atoms with Gasteiger partial charge in [0.1, 0.15) is 29.8 Å². The summed E-state index contributed by atoms with van der Waals surface area (Å²) in [5, 5.41) is 36.8. The van der Waals surface area contributed by atoms with Crippen molar-refractivity contribution >= 4 is 35.6 Å². The second-order valence-corrected chi connectivity index (χ2v) is 12.1. The van der Waals surface area contributed by atoms with Crippen molar-refractivity contribution in [1.29, 1.82) is 0 Å². The van der Waals surface area contributed by atoms with Gasteiger partial charge in [0.05, 0.1) is 19.0 Å². The standard InChI is InChI=1S/C38H53NO12/c1-4-6-8-11-14-17-29(40)18-15-12-9-10-13-16-19-31(38(48,37(46)47)26-33(41)42)35(44)39-32(36(45)51-27-34(43)49-3)25-28-20-22-30(23-21-28)50-24-7-5-2/h16,19-23,31-32,48H,4,6,8-15,17-18,24-27H2,1-3H3,(H,39,44)(H,41,42)(H,46,47)/p-2/b19-16+/t31-,32+,38+/m1/s1. The molecule has 0 bridgehead atoms. The zero-order valence-corrected chi connectivity index (χ0v) is 29.9. The minimum absolute atomic E-state index is 0.150. The molecule has 0 aliphatic carbocycles. The smallest absolute Gasteiger partial charge is 0.344 e. The third-order valence-corrected chi connectivity index (χ3v) is 8.04. The van der Waals surface area contributed by atoms with E-state index in [1.54, 1.807) is 31.2 Å². The minimum atomic E-state index is -3.24. The maximum atomic E-state index is 13.6. The Morgan fingerprint density at radius 2 is 1.57 bits per heavy atom. The Morgan fingerprint density at radius 1 is 0.941 bits per heavy atom. The third-order valence-electron chi connectivity index (χ3n) is 8.04. The first kappa shape index (κ1) is 44.3. The van der Waals surface area contributed by atoms with Crippen LogP contribution >= 0.6 is 0 Å². The number of carboxylic acids is 2. The number of aliphatic carboxylic acids is 2. The first-order chi connectivity index (χ1) is 24.4. The van der Waals surface area contributed by atoms with E-state index in [2.05, 4.69) is 28.8 Å². The van der Waals surface area contributed by atoms with Crippen LogP contribution in [0.5, 0.6) is 5.75 Å². The molecule has 0 aliphatic heterocycles. The number of esters is 2. The fraction of sp³-hybridized carbons (Fsp3) is 0.579. The number of Topliss-reactive ketones (excluding diaryl/α,β-unsaturated/α-hetero) is 1. The van der Waals surface area contributed by atoms with Gasteiger partial charge in [0, 0.05) is 31.7 Å². The Morgan fingerprint density at radius 3 is 2.14 bits per heavy atom. The summed E-state index contributed by atoms with van der Waals surface area (Å²) in [6.45, 7) is 3.17. The van der Waals surface area contributed by atoms with Crippen molar-refractivity contribution in [2.24, 2.45) is 5.92 Å². The van der Waals surface area contributed by atoms with Crippen LogP contribution in [0.15, 0.2) is 36.4 Å². The van der Waals surface area contributed by atoms with Gasteiger partial charge in [-0.2, -0.15) is 0 Å². The molecule has 1 aromatic carbocycles. The molecule has 0 saturated heterocycles. The molecule has 2 N–H and O–H groups in total. The Balaban J connectivity index is 3.04. The number of hydrogen-bond acceptors (Lipinski definition) is 12. The monoisotopic (exact) mass is 713 g/mol. The van der Waals surface area contributed by atoms with Gasteiger partial charge in [0.15, 0.2) is 6.61 Å². The minimum Gasteiger partial charge on any atom is -0.550 e. The highest BCUT2D eigenvalue weighted by atomic mass is 16.6. The van der Waals surface area contributed by atoms with Crippen LogP contribution in [0.3, 0.4) is 0 Å². The number of hydrogen-bond donors (Lipinski definition) is 2. The number of amides is 1. The van der Waals surface area contributed by atoms with Crippen molar-refractivity contribution in [1.82, 2.24) is 5.32 Å². The van der Waals surface area contributed by atoms with Gasteiger partial charge in [-0.25, -0.2) is 9.59 Å². The van der Waals surface area contributed by atoms with E-state index in [9.17, 15) is 44.1 Å². The molecular weight excluding hydrogens is 662 g/mol. The van der Waals surface area contributed by atoms with Crippen molar-refractivity contribution in [2.75, 3.05) is 20.3 Å². The van der Waals surface area contributed by atoms with Gasteiger partial charge in [-0.1, -0.05) is 75.7 Å². The molecular formula is C38H51NO12-2. The lowest BCUT2D eigenvalue weighted by atomic mass is 9.82. The third kappa shape index (κ3) is 18.2. The molecule has 0 radical (unpaired) electrons. The molecule has 1 amide bonds. The van der Waals surface area contributed by atoms with Gasteiger partial charge in [-0.3, -0.25) is 9.59 Å². The molecule has 1 aromatic rings. The molecule has 0 aromatic heterocycles. The Bertz CT molecular complexity index is 1360. The van der Waals surface area contributed by atoms with Gasteiger partial charge in [0.25, 0.3) is 0 Å². The number of carbonyl (C=O) groups excluding carboxylic acids is 6. The summed E-state index contributed by atoms with van der Waals surface area (Å²) in [6, 6.07) is 4.87. The molecule has 0 fully saturated rings. The quantitative estimate of drug-likeness (QED) is 0.0580. The van der Waals surface area contributed by atoms with Crippen molar-refractivity contribution in [3.8, 4) is 17.6 Å². The van der Waals surface area contributed by atoms with Crippen LogP contribution in [0, 0.1) is 17.8 Å². The van der Waals surface area contributed by atoms with Gasteiger partial charge >= 0.3 is 11.9 Å². The summed E-state index contributed by atoms with van der Waals surface area (Å²) in [5.74, 6) is -3.23. The number of nitrogens with one attached hydrogen (secondary N) is 1. The fourth-order valence-corrected chi connectivity index (χ4v) is 5.11. The number of benzene rings is 1. The van der Waals surface area contributed by atoms with E-state index in [-0.39, 0.29) is 18.8 Å². The van der Waals surface area contributed by atoms with Gasteiger partial charge in [-0.15, -0.1) is 5.92 Å². The predicted octanol–water partition coefficient (Wildman–Crippen LogP) is 1.90. The number of allylic oxidation sites excluding steroid dienone is 1. The maximum absolute atomic E-state index is 13.6. The van der Waals surface area contributed by atoms with Crippen molar-refractivity contribution in [3.05, 3.63) is 42.0 Å². The molecule has 1 rings (SSSR count). The molecule has 0 saturated carbocycles. The number of unbranched alkanes of at least 4 members (excludes halogenated alkanes) is 8. The predicted molar refractivity (Wildman–Crippen MR) is 182 cm³/mol. The first-order valence-electron chi connectivity index (χ1n) is 17.3. The van der Waals surface area contributed by atoms with Crippen molar-refractivity contribution in [3.63, 3.8) is 0 Å². The van der Waals surface area contributed by atoms with E-state index in [1.165, 1.54) is 12.5 Å². The Hall–Kier alpha value is -4.70. The summed E-state index contributed by atoms with van der Waals surface area (Å²) >= 11 is 0. The number of rotatable bonds is 27. The van der Waals surface area contributed by atoms with E-state index in [0.29, 0.717) is 37.0 Å². The largest absolute Gasteiger partial charge is 0.550 e. The molecule has 0 aliphatic rings. The number of ketones is 1. The molecule has 13 heteroatoms. The van der Waals surface area contributed by atoms with E-state index in [0.717, 1.165) is 58.1 Å². The SMILES string of the molecule is CC#CCOc1ccc(C[C@H](NC(=O)[C@@H](/C=C/CCCCCCC(=O)CCCCCCC)[C@@](O)(CC(=O)[O-])C(=O)[O-])C(=O)OCC(=O)OC)cc1. The molecule has 282 valence electrons. The van der Waals surface area contributed by atoms with Crippen LogP contribution in [-0.4, -0.2) is 72.6 Å². The number of carboxylic acid groups (broad SMARTS) is 2. The number of methoxy groups -OCH3 is 1. The van der Waals surface area contributed by atoms with Crippen molar-refractivity contribution < 1.29 is 58.3 Å². The highest BCUT2D eigenvalue weighted by Gasteiger charge is 2.43. The first-order valence-corrected chi connectivity index (χ1v) is 17.3. The van der Waals surface area contributed by atoms with Crippen LogP contribution in [0.2, 0.25) is 0 Å². The van der Waals surface area contributed by atoms with Crippen LogP contribution in [0.4, 0.5) is 0 Å². The average Bonchev–Trinajstić information content (AvgIpc) is 3.09. The summed E-state index contributed by atoms with van der Waals surface area (Å²) < 4.78 is 14.9.